The van der Waals surface area contributed by atoms with Crippen LogP contribution in [-0.4, -0.2) is 0 Å². The fraction of sp³-hybridized carbons (Fsp3) is 0.538. The number of rotatable bonds is 3. The summed E-state index contributed by atoms with van der Waals surface area (Å²) in [6.45, 7) is 17.9. The van der Waals surface area contributed by atoms with Gasteiger partial charge in [-0.25, -0.2) is 0 Å². The molecule has 0 fully saturated rings. The maximum absolute atomic E-state index is 3.67. The Morgan fingerprint density at radius 1 is 1.15 bits per heavy atom. The van der Waals surface area contributed by atoms with Gasteiger partial charge in [-0.15, -0.1) is 0 Å². The fourth-order valence-corrected chi connectivity index (χ4v) is 0.498. The Balaban J connectivity index is -0.000000163. The van der Waals surface area contributed by atoms with E-state index >= 15 is 0 Å². The molecule has 0 nitrogen and oxygen atoms in total. The van der Waals surface area contributed by atoms with Crippen molar-refractivity contribution in [3.05, 3.63) is 36.0 Å². The van der Waals surface area contributed by atoms with Crippen LogP contribution in [0.3, 0.4) is 0 Å². The lowest BCUT2D eigenvalue weighted by molar-refractivity contribution is 1.05. The van der Waals surface area contributed by atoms with E-state index in [4.69, 9.17) is 0 Å². The van der Waals surface area contributed by atoms with Crippen molar-refractivity contribution >= 4 is 0 Å². The fourth-order valence-electron chi connectivity index (χ4n) is 0.498. The molecule has 0 radical (unpaired) electrons. The molecule has 0 unspecified atom stereocenters. The first kappa shape index (κ1) is 14.7. The van der Waals surface area contributed by atoms with Crippen molar-refractivity contribution in [3.63, 3.8) is 0 Å². The first-order valence-corrected chi connectivity index (χ1v) is 4.92. The molecular formula is C13H26. The van der Waals surface area contributed by atoms with Gasteiger partial charge in [-0.1, -0.05) is 49.8 Å². The molecule has 13 heavy (non-hydrogen) atoms. The highest BCUT2D eigenvalue weighted by molar-refractivity contribution is 5.09. The van der Waals surface area contributed by atoms with E-state index in [0.29, 0.717) is 0 Å². The molecule has 0 aromatic heterocycles. The lowest BCUT2D eigenvalue weighted by atomic mass is 10.1. The van der Waals surface area contributed by atoms with Crippen molar-refractivity contribution in [2.45, 2.75) is 47.5 Å². The van der Waals surface area contributed by atoms with Crippen LogP contribution in [0.4, 0.5) is 0 Å². The second-order valence-electron chi connectivity index (χ2n) is 3.35. The van der Waals surface area contributed by atoms with Gasteiger partial charge in [-0.05, 0) is 33.6 Å². The summed E-state index contributed by atoms with van der Waals surface area (Å²) in [4.78, 5) is 0. The third-order valence-corrected chi connectivity index (χ3v) is 2.13. The van der Waals surface area contributed by atoms with E-state index < -0.39 is 0 Å². The molecule has 0 aromatic carbocycles. The highest BCUT2D eigenvalue weighted by Crippen LogP contribution is 2.04. The summed E-state index contributed by atoms with van der Waals surface area (Å²) in [6, 6.07) is 0. The highest BCUT2D eigenvalue weighted by Gasteiger charge is 1.82. The molecule has 0 spiro atoms. The van der Waals surface area contributed by atoms with E-state index in [0.717, 1.165) is 12.0 Å². The SMILES string of the molecule is C=CC(=C)CC.CCC(C)=C(C)C.[HH]. The van der Waals surface area contributed by atoms with Gasteiger partial charge in [0.15, 0.2) is 0 Å². The van der Waals surface area contributed by atoms with Gasteiger partial charge in [-0.2, -0.15) is 0 Å². The lowest BCUT2D eigenvalue weighted by Crippen LogP contribution is -1.73. The molecule has 0 heteroatoms. The Hall–Kier alpha value is -0.780. The van der Waals surface area contributed by atoms with Crippen molar-refractivity contribution in [2.75, 3.05) is 0 Å². The van der Waals surface area contributed by atoms with Crippen molar-refractivity contribution in [3.8, 4) is 0 Å². The zero-order chi connectivity index (χ0) is 10.9. The van der Waals surface area contributed by atoms with E-state index in [9.17, 15) is 0 Å². The monoisotopic (exact) mass is 182 g/mol. The average Bonchev–Trinajstić information content (AvgIpc) is 2.16. The zero-order valence-corrected chi connectivity index (χ0v) is 9.91. The molecule has 0 bridgehead atoms. The molecule has 0 saturated heterocycles. The van der Waals surface area contributed by atoms with Crippen LogP contribution in [0, 0.1) is 0 Å². The van der Waals surface area contributed by atoms with Gasteiger partial charge >= 0.3 is 0 Å². The Bertz CT molecular complexity index is 183. The first-order chi connectivity index (χ1) is 5.99. The zero-order valence-electron chi connectivity index (χ0n) is 9.91. The topological polar surface area (TPSA) is 0 Å². The minimum atomic E-state index is 0. The molecule has 0 aromatic rings. The van der Waals surface area contributed by atoms with Gasteiger partial charge in [0.2, 0.25) is 0 Å². The largest absolute Gasteiger partial charge is 0.0988 e. The van der Waals surface area contributed by atoms with Gasteiger partial charge < -0.3 is 0 Å². The van der Waals surface area contributed by atoms with E-state index in [1.807, 2.05) is 0 Å². The van der Waals surface area contributed by atoms with E-state index in [-0.39, 0.29) is 1.43 Å². The summed E-state index contributed by atoms with van der Waals surface area (Å²) >= 11 is 0. The Kier molecular flexibility index (Phi) is 10.5. The highest BCUT2D eigenvalue weighted by atomic mass is 13.9. The minimum absolute atomic E-state index is 0. The molecule has 0 aliphatic carbocycles. The Labute approximate surface area is 85.5 Å². The van der Waals surface area contributed by atoms with Crippen molar-refractivity contribution in [2.24, 2.45) is 0 Å². The molecule has 0 aliphatic rings. The lowest BCUT2D eigenvalue weighted by Gasteiger charge is -1.94. The molecule has 0 atom stereocenters. The van der Waals surface area contributed by atoms with Crippen LogP contribution in [0.5, 0.6) is 0 Å². The van der Waals surface area contributed by atoms with Crippen LogP contribution in [0.1, 0.15) is 48.9 Å². The maximum atomic E-state index is 3.67. The van der Waals surface area contributed by atoms with Gasteiger partial charge in [0.05, 0.1) is 0 Å². The summed E-state index contributed by atoms with van der Waals surface area (Å²) in [5.74, 6) is 0. The predicted octanol–water partition coefficient (Wildman–Crippen LogP) is 5.14. The van der Waals surface area contributed by atoms with Crippen LogP contribution < -0.4 is 0 Å². The number of hydrogen-bond acceptors (Lipinski definition) is 0. The van der Waals surface area contributed by atoms with Gasteiger partial charge in [0.1, 0.15) is 0 Å². The molecule has 0 aliphatic heterocycles. The van der Waals surface area contributed by atoms with Crippen LogP contribution >= 0.6 is 0 Å². The van der Waals surface area contributed by atoms with Gasteiger partial charge in [-0.3, -0.25) is 0 Å². The van der Waals surface area contributed by atoms with E-state index in [2.05, 4.69) is 47.8 Å². The molecule has 0 heterocycles. The van der Waals surface area contributed by atoms with Gasteiger partial charge in [0, 0.05) is 1.43 Å². The second-order valence-corrected chi connectivity index (χ2v) is 3.35. The summed E-state index contributed by atoms with van der Waals surface area (Å²) in [6.07, 6.45) is 3.99. The first-order valence-electron chi connectivity index (χ1n) is 4.92. The van der Waals surface area contributed by atoms with Crippen LogP contribution in [0.2, 0.25) is 0 Å². The van der Waals surface area contributed by atoms with Crippen LogP contribution in [0.25, 0.3) is 0 Å². The maximum Gasteiger partial charge on any atom is 0 e. The van der Waals surface area contributed by atoms with Crippen LogP contribution in [-0.2, 0) is 0 Å². The number of allylic oxidation sites excluding steroid dienone is 4. The summed E-state index contributed by atoms with van der Waals surface area (Å²) in [5, 5.41) is 0. The minimum Gasteiger partial charge on any atom is -0.0988 e. The Morgan fingerprint density at radius 3 is 1.62 bits per heavy atom. The van der Waals surface area contributed by atoms with Crippen molar-refractivity contribution < 1.29 is 1.43 Å². The van der Waals surface area contributed by atoms with E-state index in [1.165, 1.54) is 17.6 Å². The van der Waals surface area contributed by atoms with E-state index in [1.54, 1.807) is 6.08 Å². The van der Waals surface area contributed by atoms with Crippen LogP contribution in [0.15, 0.2) is 36.0 Å². The second kappa shape index (κ2) is 9.31. The average molecular weight is 182 g/mol. The summed E-state index contributed by atoms with van der Waals surface area (Å²) < 4.78 is 0. The quantitative estimate of drug-likeness (QED) is 0.419. The molecule has 0 amide bonds. The number of hydrogen-bond donors (Lipinski definition) is 0. The standard InChI is InChI=1S/C7H14.C6H10.H2/c1-5-7(4)6(2)3;1-4-6(3)5-2;/h5H2,1-4H3;4H,1,3,5H2,2H3;1H. The Morgan fingerprint density at radius 2 is 1.62 bits per heavy atom. The normalized spacial score (nSPS) is 8.08. The third kappa shape index (κ3) is 11.2. The summed E-state index contributed by atoms with van der Waals surface area (Å²) in [7, 11) is 0. The molecule has 0 rings (SSSR count). The smallest absolute Gasteiger partial charge is 0 e. The third-order valence-electron chi connectivity index (χ3n) is 2.13. The van der Waals surface area contributed by atoms with Gasteiger partial charge in [0.25, 0.3) is 0 Å². The van der Waals surface area contributed by atoms with Crippen molar-refractivity contribution in [1.29, 1.82) is 0 Å². The summed E-state index contributed by atoms with van der Waals surface area (Å²) in [5.41, 5.74) is 4.08. The molecular weight excluding hydrogens is 156 g/mol. The molecule has 0 N–H and O–H groups in total. The molecule has 0 saturated carbocycles. The predicted molar refractivity (Wildman–Crippen MR) is 66.1 cm³/mol. The van der Waals surface area contributed by atoms with Crippen molar-refractivity contribution in [1.82, 2.24) is 0 Å². The molecule has 78 valence electrons.